The summed E-state index contributed by atoms with van der Waals surface area (Å²) in [4.78, 5) is 46.6. The maximum Gasteiger partial charge on any atom is 0.220 e. The van der Waals surface area contributed by atoms with Crippen molar-refractivity contribution in [1.29, 1.82) is 0 Å². The van der Waals surface area contributed by atoms with E-state index in [0.29, 0.717) is 32.2 Å². The van der Waals surface area contributed by atoms with Gasteiger partial charge in [-0.15, -0.1) is 0 Å². The molecule has 1 heterocycles. The van der Waals surface area contributed by atoms with Crippen LogP contribution in [-0.4, -0.2) is 56.0 Å². The second kappa shape index (κ2) is 10.2. The van der Waals surface area contributed by atoms with Gasteiger partial charge in [0.25, 0.3) is 0 Å². The summed E-state index contributed by atoms with van der Waals surface area (Å²) in [7, 11) is 1.81. The van der Waals surface area contributed by atoms with Gasteiger partial charge in [0.1, 0.15) is 11.6 Å². The van der Waals surface area contributed by atoms with E-state index in [1.54, 1.807) is 0 Å². The van der Waals surface area contributed by atoms with Gasteiger partial charge in [-0.2, -0.15) is 0 Å². The molecular formula is C16H27N3O4. The van der Waals surface area contributed by atoms with Crippen LogP contribution >= 0.6 is 0 Å². The maximum absolute atomic E-state index is 12.0. The number of amides is 1. The Morgan fingerprint density at radius 2 is 2.09 bits per heavy atom. The fourth-order valence-corrected chi connectivity index (χ4v) is 2.59. The van der Waals surface area contributed by atoms with Crippen molar-refractivity contribution in [3.63, 3.8) is 0 Å². The normalized spacial score (nSPS) is 19.8. The average Bonchev–Trinajstić information content (AvgIpc) is 2.67. The highest BCUT2D eigenvalue weighted by Gasteiger charge is 2.24. The van der Waals surface area contributed by atoms with Crippen molar-refractivity contribution in [3.8, 4) is 0 Å². The first kappa shape index (κ1) is 19.4. The lowest BCUT2D eigenvalue weighted by atomic mass is 9.93. The maximum atomic E-state index is 12.0. The van der Waals surface area contributed by atoms with Crippen LogP contribution < -0.4 is 16.0 Å². The molecule has 0 aromatic carbocycles. The van der Waals surface area contributed by atoms with Crippen LogP contribution in [0.25, 0.3) is 0 Å². The third kappa shape index (κ3) is 7.47. The van der Waals surface area contributed by atoms with Crippen molar-refractivity contribution in [2.24, 2.45) is 5.92 Å². The molecule has 130 valence electrons. The van der Waals surface area contributed by atoms with E-state index in [0.717, 1.165) is 0 Å². The van der Waals surface area contributed by atoms with Gasteiger partial charge in [0.05, 0.1) is 19.1 Å². The van der Waals surface area contributed by atoms with Gasteiger partial charge in [0.15, 0.2) is 5.78 Å². The van der Waals surface area contributed by atoms with Crippen molar-refractivity contribution in [3.05, 3.63) is 0 Å². The lowest BCUT2D eigenvalue weighted by molar-refractivity contribution is -0.124. The number of Topliss-reactive ketones (excluding diaryl/α,β-unsaturated/α-hetero) is 3. The summed E-state index contributed by atoms with van der Waals surface area (Å²) in [6.07, 6.45) is 2.22. The Labute approximate surface area is 137 Å². The van der Waals surface area contributed by atoms with E-state index in [1.807, 2.05) is 7.05 Å². The molecule has 1 fully saturated rings. The number of carbonyl (C=O) groups excluding carboxylic acids is 4. The molecule has 23 heavy (non-hydrogen) atoms. The highest BCUT2D eigenvalue weighted by atomic mass is 16.2. The number of rotatable bonds is 10. The van der Waals surface area contributed by atoms with E-state index in [1.165, 1.54) is 6.92 Å². The van der Waals surface area contributed by atoms with E-state index >= 15 is 0 Å². The molecule has 0 unspecified atom stereocenters. The van der Waals surface area contributed by atoms with Gasteiger partial charge < -0.3 is 16.0 Å². The molecule has 7 nitrogen and oxygen atoms in total. The second-order valence-corrected chi connectivity index (χ2v) is 5.99. The van der Waals surface area contributed by atoms with Crippen molar-refractivity contribution in [2.45, 2.75) is 45.1 Å². The van der Waals surface area contributed by atoms with Crippen LogP contribution in [0.15, 0.2) is 0 Å². The lowest BCUT2D eigenvalue weighted by Gasteiger charge is -2.16. The van der Waals surface area contributed by atoms with E-state index in [2.05, 4.69) is 16.0 Å². The third-order valence-electron chi connectivity index (χ3n) is 4.13. The summed E-state index contributed by atoms with van der Waals surface area (Å²) in [5.74, 6) is -0.352. The van der Waals surface area contributed by atoms with E-state index in [9.17, 15) is 19.2 Å². The van der Waals surface area contributed by atoms with Gasteiger partial charge in [0.2, 0.25) is 5.91 Å². The molecule has 0 aromatic rings. The monoisotopic (exact) mass is 325 g/mol. The molecule has 1 saturated heterocycles. The summed E-state index contributed by atoms with van der Waals surface area (Å²) < 4.78 is 0. The second-order valence-electron chi connectivity index (χ2n) is 5.99. The molecule has 0 aliphatic carbocycles. The minimum absolute atomic E-state index is 0.00718. The SMILES string of the molecule is CNCC[C@H](NCC(=O)CC[C@@H]1CCC(=O)NCC1=O)C(C)=O. The van der Waals surface area contributed by atoms with Gasteiger partial charge in [-0.3, -0.25) is 19.2 Å². The first-order valence-corrected chi connectivity index (χ1v) is 8.13. The summed E-state index contributed by atoms with van der Waals surface area (Å²) >= 11 is 0. The predicted octanol–water partition coefficient (Wildman–Crippen LogP) is -0.412. The Bertz CT molecular complexity index is 451. The molecule has 0 spiro atoms. The van der Waals surface area contributed by atoms with Crippen LogP contribution in [0, 0.1) is 5.92 Å². The molecule has 0 aromatic heterocycles. The highest BCUT2D eigenvalue weighted by molar-refractivity contribution is 5.90. The Morgan fingerprint density at radius 1 is 1.35 bits per heavy atom. The fourth-order valence-electron chi connectivity index (χ4n) is 2.59. The van der Waals surface area contributed by atoms with Gasteiger partial charge in [-0.05, 0) is 39.8 Å². The zero-order chi connectivity index (χ0) is 17.2. The van der Waals surface area contributed by atoms with Gasteiger partial charge in [-0.1, -0.05) is 0 Å². The summed E-state index contributed by atoms with van der Waals surface area (Å²) in [6, 6.07) is -0.326. The average molecular weight is 325 g/mol. The number of hydrogen-bond acceptors (Lipinski definition) is 6. The Kier molecular flexibility index (Phi) is 8.65. The number of nitrogens with one attached hydrogen (secondary N) is 3. The molecule has 0 radical (unpaired) electrons. The molecule has 1 amide bonds. The molecular weight excluding hydrogens is 298 g/mol. The van der Waals surface area contributed by atoms with E-state index < -0.39 is 0 Å². The minimum atomic E-state index is -0.326. The topological polar surface area (TPSA) is 104 Å². The van der Waals surface area contributed by atoms with E-state index in [-0.39, 0.29) is 54.7 Å². The fraction of sp³-hybridized carbons (Fsp3) is 0.750. The third-order valence-corrected chi connectivity index (χ3v) is 4.13. The van der Waals surface area contributed by atoms with Crippen LogP contribution in [0.4, 0.5) is 0 Å². The Hall–Kier alpha value is -1.60. The lowest BCUT2D eigenvalue weighted by Crippen LogP contribution is -2.40. The predicted molar refractivity (Wildman–Crippen MR) is 86.0 cm³/mol. The van der Waals surface area contributed by atoms with Crippen LogP contribution in [0.2, 0.25) is 0 Å². The summed E-state index contributed by atoms with van der Waals surface area (Å²) in [5, 5.41) is 8.51. The first-order valence-electron chi connectivity index (χ1n) is 8.13. The van der Waals surface area contributed by atoms with Crippen molar-refractivity contribution in [2.75, 3.05) is 26.7 Å². The molecule has 1 rings (SSSR count). The zero-order valence-corrected chi connectivity index (χ0v) is 13.9. The van der Waals surface area contributed by atoms with Crippen LogP contribution in [0.5, 0.6) is 0 Å². The Morgan fingerprint density at radius 3 is 2.74 bits per heavy atom. The number of ketones is 3. The summed E-state index contributed by atoms with van der Waals surface area (Å²) in [5.41, 5.74) is 0. The molecule has 2 atom stereocenters. The van der Waals surface area contributed by atoms with Crippen LogP contribution in [-0.2, 0) is 19.2 Å². The van der Waals surface area contributed by atoms with Crippen LogP contribution in [0.1, 0.15) is 39.0 Å². The molecule has 0 saturated carbocycles. The zero-order valence-electron chi connectivity index (χ0n) is 13.9. The molecule has 3 N–H and O–H groups in total. The number of carbonyl (C=O) groups is 4. The quantitative estimate of drug-likeness (QED) is 0.504. The smallest absolute Gasteiger partial charge is 0.220 e. The minimum Gasteiger partial charge on any atom is -0.349 e. The molecule has 7 heteroatoms. The standard InChI is InChI=1S/C16H27N3O4/c1-11(20)14(7-8-17-2)18-9-13(21)5-3-12-4-6-16(23)19-10-15(12)22/h12,14,17-18H,3-10H2,1-2H3,(H,19,23)/t12-,14+/m1/s1. The van der Waals surface area contributed by atoms with Gasteiger partial charge in [-0.25, -0.2) is 0 Å². The summed E-state index contributed by atoms with van der Waals surface area (Å²) in [6.45, 7) is 2.40. The number of hydrogen-bond donors (Lipinski definition) is 3. The van der Waals surface area contributed by atoms with Crippen LogP contribution in [0.3, 0.4) is 0 Å². The van der Waals surface area contributed by atoms with Crippen molar-refractivity contribution >= 4 is 23.3 Å². The molecule has 1 aliphatic rings. The highest BCUT2D eigenvalue weighted by Crippen LogP contribution is 2.17. The van der Waals surface area contributed by atoms with Crippen molar-refractivity contribution in [1.82, 2.24) is 16.0 Å². The van der Waals surface area contributed by atoms with Gasteiger partial charge in [0, 0.05) is 18.8 Å². The Balaban J connectivity index is 2.33. The largest absolute Gasteiger partial charge is 0.349 e. The first-order chi connectivity index (χ1) is 10.9. The molecule has 1 aliphatic heterocycles. The van der Waals surface area contributed by atoms with Crippen molar-refractivity contribution < 1.29 is 19.2 Å². The van der Waals surface area contributed by atoms with Gasteiger partial charge >= 0.3 is 0 Å². The van der Waals surface area contributed by atoms with E-state index in [4.69, 9.17) is 0 Å². The molecule has 0 bridgehead atoms.